The summed E-state index contributed by atoms with van der Waals surface area (Å²) in [7, 11) is 0. The van der Waals surface area contributed by atoms with Gasteiger partial charge >= 0.3 is 0 Å². The van der Waals surface area contributed by atoms with E-state index in [2.05, 4.69) is 36.7 Å². The van der Waals surface area contributed by atoms with E-state index in [0.29, 0.717) is 17.0 Å². The zero-order valence-electron chi connectivity index (χ0n) is 8.92. The number of alkyl halides is 1. The van der Waals surface area contributed by atoms with Gasteiger partial charge in [-0.05, 0) is 38.5 Å². The van der Waals surface area contributed by atoms with Gasteiger partial charge in [0.15, 0.2) is 0 Å². The first kappa shape index (κ1) is 11.5. The van der Waals surface area contributed by atoms with Crippen LogP contribution in [-0.2, 0) is 4.74 Å². The fourth-order valence-corrected chi connectivity index (χ4v) is 2.80. The molecule has 0 aromatic heterocycles. The maximum absolute atomic E-state index is 5.80. The number of halogens is 1. The Morgan fingerprint density at radius 1 is 1.38 bits per heavy atom. The van der Waals surface area contributed by atoms with Crippen molar-refractivity contribution in [2.75, 3.05) is 0 Å². The summed E-state index contributed by atoms with van der Waals surface area (Å²) in [6.45, 7) is 6.72. The van der Waals surface area contributed by atoms with Gasteiger partial charge in [0.1, 0.15) is 0 Å². The first-order chi connectivity index (χ1) is 6.08. The highest BCUT2D eigenvalue weighted by Crippen LogP contribution is 2.26. The largest absolute Gasteiger partial charge is 0.375 e. The van der Waals surface area contributed by atoms with Crippen LogP contribution in [0.3, 0.4) is 0 Å². The second-order valence-corrected chi connectivity index (χ2v) is 6.07. The van der Waals surface area contributed by atoms with Crippen molar-refractivity contribution in [1.82, 2.24) is 0 Å². The summed E-state index contributed by atoms with van der Waals surface area (Å²) >= 11 is 3.60. The highest BCUT2D eigenvalue weighted by Gasteiger charge is 2.23. The Morgan fingerprint density at radius 2 is 2.08 bits per heavy atom. The molecule has 0 aliphatic carbocycles. The van der Waals surface area contributed by atoms with Crippen molar-refractivity contribution in [2.24, 2.45) is 5.92 Å². The second-order valence-electron chi connectivity index (χ2n) is 4.50. The van der Waals surface area contributed by atoms with Gasteiger partial charge in [0.05, 0.1) is 12.2 Å². The van der Waals surface area contributed by atoms with Crippen LogP contribution in [0.2, 0.25) is 0 Å². The van der Waals surface area contributed by atoms with Gasteiger partial charge in [0, 0.05) is 4.83 Å². The van der Waals surface area contributed by atoms with E-state index in [1.54, 1.807) is 0 Å². The lowest BCUT2D eigenvalue weighted by atomic mass is 9.97. The number of hydrogen-bond acceptors (Lipinski definition) is 1. The van der Waals surface area contributed by atoms with Gasteiger partial charge in [-0.3, -0.25) is 0 Å². The predicted octanol–water partition coefficient (Wildman–Crippen LogP) is 3.75. The summed E-state index contributed by atoms with van der Waals surface area (Å²) in [6.07, 6.45) is 6.05. The molecule has 0 aromatic rings. The highest BCUT2D eigenvalue weighted by molar-refractivity contribution is 9.09. The Balaban J connectivity index is 2.16. The van der Waals surface area contributed by atoms with E-state index in [9.17, 15) is 0 Å². The minimum atomic E-state index is 0.499. The topological polar surface area (TPSA) is 9.23 Å². The summed E-state index contributed by atoms with van der Waals surface area (Å²) in [4.78, 5) is 0.640. The van der Waals surface area contributed by atoms with Crippen molar-refractivity contribution in [2.45, 2.75) is 63.5 Å². The lowest BCUT2D eigenvalue weighted by molar-refractivity contribution is 0.0417. The van der Waals surface area contributed by atoms with Crippen LogP contribution in [0.1, 0.15) is 46.5 Å². The third-order valence-corrected chi connectivity index (χ3v) is 3.09. The molecule has 1 rings (SSSR count). The van der Waals surface area contributed by atoms with Crippen molar-refractivity contribution in [3.8, 4) is 0 Å². The van der Waals surface area contributed by atoms with Crippen LogP contribution in [-0.4, -0.2) is 17.0 Å². The summed E-state index contributed by atoms with van der Waals surface area (Å²) in [5.41, 5.74) is 0. The van der Waals surface area contributed by atoms with E-state index in [1.165, 1.54) is 25.7 Å². The van der Waals surface area contributed by atoms with E-state index in [1.807, 2.05) is 0 Å². The lowest BCUT2D eigenvalue weighted by Gasteiger charge is -2.17. The molecule has 0 bridgehead atoms. The SMILES string of the molecule is CC(Br)CC(C)CC1CCC(C)O1. The second kappa shape index (κ2) is 5.35. The summed E-state index contributed by atoms with van der Waals surface area (Å²) in [6, 6.07) is 0. The Labute approximate surface area is 90.4 Å². The molecule has 0 saturated carbocycles. The van der Waals surface area contributed by atoms with Gasteiger partial charge in [-0.2, -0.15) is 0 Å². The smallest absolute Gasteiger partial charge is 0.0582 e. The van der Waals surface area contributed by atoms with Crippen molar-refractivity contribution in [3.63, 3.8) is 0 Å². The summed E-state index contributed by atoms with van der Waals surface area (Å²) in [5.74, 6) is 0.782. The lowest BCUT2D eigenvalue weighted by Crippen LogP contribution is -2.14. The molecule has 0 N–H and O–H groups in total. The van der Waals surface area contributed by atoms with Crippen molar-refractivity contribution in [3.05, 3.63) is 0 Å². The standard InChI is InChI=1S/C11H21BrO/c1-8(6-9(2)12)7-11-5-4-10(3)13-11/h8-11H,4-7H2,1-3H3. The first-order valence-corrected chi connectivity index (χ1v) is 6.29. The summed E-state index contributed by atoms with van der Waals surface area (Å²) < 4.78 is 5.80. The molecule has 1 heterocycles. The minimum Gasteiger partial charge on any atom is -0.375 e. The van der Waals surface area contributed by atoms with Crippen molar-refractivity contribution < 1.29 is 4.74 Å². The molecular weight excluding hydrogens is 228 g/mol. The number of rotatable bonds is 4. The van der Waals surface area contributed by atoms with Crippen LogP contribution < -0.4 is 0 Å². The molecule has 0 amide bonds. The molecular formula is C11H21BrO. The fraction of sp³-hybridized carbons (Fsp3) is 1.00. The zero-order valence-corrected chi connectivity index (χ0v) is 10.5. The molecule has 78 valence electrons. The molecule has 1 fully saturated rings. The molecule has 0 aromatic carbocycles. The van der Waals surface area contributed by atoms with Crippen molar-refractivity contribution in [1.29, 1.82) is 0 Å². The molecule has 13 heavy (non-hydrogen) atoms. The third-order valence-electron chi connectivity index (χ3n) is 2.71. The maximum atomic E-state index is 5.80. The zero-order chi connectivity index (χ0) is 9.84. The molecule has 1 saturated heterocycles. The Kier molecular flexibility index (Phi) is 4.74. The van der Waals surface area contributed by atoms with Gasteiger partial charge < -0.3 is 4.74 Å². The van der Waals surface area contributed by atoms with Crippen LogP contribution in [0.25, 0.3) is 0 Å². The highest BCUT2D eigenvalue weighted by atomic mass is 79.9. The Hall–Kier alpha value is 0.440. The predicted molar refractivity (Wildman–Crippen MR) is 60.4 cm³/mol. The van der Waals surface area contributed by atoms with Crippen LogP contribution in [0.4, 0.5) is 0 Å². The fourth-order valence-electron chi connectivity index (χ4n) is 2.16. The van der Waals surface area contributed by atoms with E-state index in [-0.39, 0.29) is 0 Å². The van der Waals surface area contributed by atoms with E-state index >= 15 is 0 Å². The molecule has 1 aliphatic heterocycles. The Morgan fingerprint density at radius 3 is 2.54 bits per heavy atom. The van der Waals surface area contributed by atoms with E-state index in [0.717, 1.165) is 5.92 Å². The van der Waals surface area contributed by atoms with E-state index in [4.69, 9.17) is 4.74 Å². The first-order valence-electron chi connectivity index (χ1n) is 5.37. The third kappa shape index (κ3) is 4.46. The molecule has 4 atom stereocenters. The minimum absolute atomic E-state index is 0.499. The molecule has 0 radical (unpaired) electrons. The van der Waals surface area contributed by atoms with Gasteiger partial charge in [0.2, 0.25) is 0 Å². The normalized spacial score (nSPS) is 33.2. The van der Waals surface area contributed by atoms with Crippen LogP contribution >= 0.6 is 15.9 Å². The molecule has 4 unspecified atom stereocenters. The average molecular weight is 249 g/mol. The molecule has 1 nitrogen and oxygen atoms in total. The Bertz CT molecular complexity index is 147. The van der Waals surface area contributed by atoms with Crippen LogP contribution in [0.15, 0.2) is 0 Å². The van der Waals surface area contributed by atoms with Crippen LogP contribution in [0.5, 0.6) is 0 Å². The molecule has 0 spiro atoms. The quantitative estimate of drug-likeness (QED) is 0.689. The number of ether oxygens (including phenoxy) is 1. The molecule has 2 heteroatoms. The average Bonchev–Trinajstić information content (AvgIpc) is 2.33. The van der Waals surface area contributed by atoms with Gasteiger partial charge in [-0.25, -0.2) is 0 Å². The van der Waals surface area contributed by atoms with Crippen molar-refractivity contribution >= 4 is 15.9 Å². The van der Waals surface area contributed by atoms with Crippen LogP contribution in [0, 0.1) is 5.92 Å². The number of hydrogen-bond donors (Lipinski definition) is 0. The van der Waals surface area contributed by atoms with E-state index < -0.39 is 0 Å². The summed E-state index contributed by atoms with van der Waals surface area (Å²) in [5, 5.41) is 0. The molecule has 1 aliphatic rings. The maximum Gasteiger partial charge on any atom is 0.0582 e. The monoisotopic (exact) mass is 248 g/mol. The van der Waals surface area contributed by atoms with Gasteiger partial charge in [0.25, 0.3) is 0 Å². The van der Waals surface area contributed by atoms with Gasteiger partial charge in [-0.15, -0.1) is 0 Å². The van der Waals surface area contributed by atoms with Gasteiger partial charge in [-0.1, -0.05) is 29.8 Å².